The lowest BCUT2D eigenvalue weighted by atomic mass is 9.58. The molecule has 2 aromatic carbocycles. The summed E-state index contributed by atoms with van der Waals surface area (Å²) in [6.07, 6.45) is 4.72. The van der Waals surface area contributed by atoms with Crippen LogP contribution in [0.25, 0.3) is 10.9 Å². The Morgan fingerprint density at radius 3 is 2.93 bits per heavy atom. The van der Waals surface area contributed by atoms with Crippen LogP contribution in [0, 0.1) is 5.92 Å². The summed E-state index contributed by atoms with van der Waals surface area (Å²) in [7, 11) is 1.77. The van der Waals surface area contributed by atoms with E-state index in [9.17, 15) is 0 Å². The van der Waals surface area contributed by atoms with Gasteiger partial charge in [-0.05, 0) is 74.0 Å². The maximum Gasteiger partial charge on any atom is 0.119 e. The fourth-order valence-corrected chi connectivity index (χ4v) is 5.77. The third-order valence-corrected chi connectivity index (χ3v) is 7.16. The van der Waals surface area contributed by atoms with E-state index in [0.29, 0.717) is 5.92 Å². The van der Waals surface area contributed by atoms with Gasteiger partial charge in [0, 0.05) is 28.6 Å². The van der Waals surface area contributed by atoms with Gasteiger partial charge in [-0.1, -0.05) is 37.3 Å². The molecule has 0 amide bonds. The molecule has 0 spiro atoms. The molecule has 1 aliphatic heterocycles. The molecular formula is C25H30N2O. The molecule has 1 aromatic heterocycles. The van der Waals surface area contributed by atoms with Crippen molar-refractivity contribution in [2.75, 3.05) is 26.7 Å². The molecule has 0 saturated carbocycles. The lowest BCUT2D eigenvalue weighted by Gasteiger charge is -2.51. The van der Waals surface area contributed by atoms with Crippen LogP contribution in [0.4, 0.5) is 0 Å². The first kappa shape index (κ1) is 17.8. The Morgan fingerprint density at radius 2 is 2.07 bits per heavy atom. The normalized spacial score (nSPS) is 24.7. The number of hydrogen-bond donors (Lipinski definition) is 1. The van der Waals surface area contributed by atoms with Crippen molar-refractivity contribution < 1.29 is 4.74 Å². The number of methoxy groups -OCH3 is 1. The van der Waals surface area contributed by atoms with E-state index in [2.05, 4.69) is 65.3 Å². The average Bonchev–Trinajstić information content (AvgIpc) is 3.09. The van der Waals surface area contributed by atoms with Crippen LogP contribution in [0.5, 0.6) is 5.75 Å². The first-order valence-electron chi connectivity index (χ1n) is 10.7. The number of ether oxygens (including phenoxy) is 1. The predicted molar refractivity (Wildman–Crippen MR) is 115 cm³/mol. The molecule has 3 heteroatoms. The minimum absolute atomic E-state index is 0.201. The van der Waals surface area contributed by atoms with Crippen molar-refractivity contribution in [1.82, 2.24) is 9.88 Å². The molecule has 2 aliphatic rings. The Hall–Kier alpha value is -2.26. The number of nitrogens with zero attached hydrogens (tertiary/aromatic N) is 1. The number of aromatic nitrogens is 1. The first-order chi connectivity index (χ1) is 13.7. The van der Waals surface area contributed by atoms with Crippen LogP contribution in [-0.2, 0) is 18.3 Å². The number of rotatable bonds is 4. The molecule has 2 heterocycles. The van der Waals surface area contributed by atoms with E-state index in [1.54, 1.807) is 12.7 Å². The van der Waals surface area contributed by atoms with Gasteiger partial charge in [0.1, 0.15) is 5.75 Å². The second kappa shape index (κ2) is 6.97. The van der Waals surface area contributed by atoms with Gasteiger partial charge in [0.15, 0.2) is 0 Å². The van der Waals surface area contributed by atoms with Crippen LogP contribution in [0.3, 0.4) is 0 Å². The van der Waals surface area contributed by atoms with Gasteiger partial charge in [-0.2, -0.15) is 0 Å². The number of nitrogens with one attached hydrogen (secondary N) is 1. The zero-order valence-electron chi connectivity index (χ0n) is 17.0. The molecule has 28 heavy (non-hydrogen) atoms. The lowest BCUT2D eigenvalue weighted by molar-refractivity contribution is 0.0815. The summed E-state index contributed by atoms with van der Waals surface area (Å²) in [5.74, 6) is 1.62. The van der Waals surface area contributed by atoms with Gasteiger partial charge in [-0.3, -0.25) is 0 Å². The number of H-pyrrole nitrogens is 1. The summed E-state index contributed by atoms with van der Waals surface area (Å²) >= 11 is 0. The molecular weight excluding hydrogens is 344 g/mol. The largest absolute Gasteiger partial charge is 0.497 e. The Balaban J connectivity index is 1.62. The van der Waals surface area contributed by atoms with E-state index in [4.69, 9.17) is 4.74 Å². The smallest absolute Gasteiger partial charge is 0.119 e. The fourth-order valence-electron chi connectivity index (χ4n) is 5.77. The van der Waals surface area contributed by atoms with Crippen molar-refractivity contribution in [2.24, 2.45) is 5.92 Å². The van der Waals surface area contributed by atoms with Gasteiger partial charge < -0.3 is 14.6 Å². The predicted octanol–water partition coefficient (Wildman–Crippen LogP) is 4.95. The van der Waals surface area contributed by atoms with Crippen LogP contribution >= 0.6 is 0 Å². The van der Waals surface area contributed by atoms with Gasteiger partial charge in [-0.15, -0.1) is 0 Å². The zero-order chi connectivity index (χ0) is 19.1. The third kappa shape index (κ3) is 2.76. The summed E-state index contributed by atoms with van der Waals surface area (Å²) in [6.45, 7) is 5.90. The monoisotopic (exact) mass is 374 g/mol. The minimum Gasteiger partial charge on any atom is -0.497 e. The highest BCUT2D eigenvalue weighted by Gasteiger charge is 2.47. The van der Waals surface area contributed by atoms with E-state index in [0.717, 1.165) is 18.6 Å². The van der Waals surface area contributed by atoms with Gasteiger partial charge in [0.25, 0.3) is 0 Å². The molecule has 2 atom stereocenters. The lowest BCUT2D eigenvalue weighted by Crippen LogP contribution is -2.53. The van der Waals surface area contributed by atoms with Crippen LogP contribution < -0.4 is 4.74 Å². The van der Waals surface area contributed by atoms with Crippen molar-refractivity contribution in [2.45, 2.75) is 38.0 Å². The van der Waals surface area contributed by atoms with E-state index < -0.39 is 0 Å². The molecule has 0 bridgehead atoms. The van der Waals surface area contributed by atoms with E-state index in [-0.39, 0.29) is 5.41 Å². The molecule has 146 valence electrons. The summed E-state index contributed by atoms with van der Waals surface area (Å²) in [5.41, 5.74) is 5.95. The van der Waals surface area contributed by atoms with Crippen LogP contribution in [-0.4, -0.2) is 36.6 Å². The van der Waals surface area contributed by atoms with E-state index in [1.807, 2.05) is 0 Å². The number of fused-ring (bicyclic) bond motifs is 4. The quantitative estimate of drug-likeness (QED) is 0.700. The van der Waals surface area contributed by atoms with Crippen LogP contribution in [0.15, 0.2) is 48.5 Å². The van der Waals surface area contributed by atoms with Crippen molar-refractivity contribution in [3.63, 3.8) is 0 Å². The average molecular weight is 375 g/mol. The summed E-state index contributed by atoms with van der Waals surface area (Å²) in [5, 5.41) is 1.42. The molecule has 1 fully saturated rings. The topological polar surface area (TPSA) is 28.3 Å². The molecule has 5 rings (SSSR count). The SMILES string of the molecule is CCCN1CC[C@]2(c3cccc(OC)c3)Cc3[nH]c4ccccc4c3CC2C1. The number of piperidine rings is 1. The summed E-state index contributed by atoms with van der Waals surface area (Å²) in [6, 6.07) is 17.7. The number of para-hydroxylation sites is 1. The Morgan fingerprint density at radius 1 is 1.18 bits per heavy atom. The van der Waals surface area contributed by atoms with Crippen molar-refractivity contribution in [3.8, 4) is 5.75 Å². The molecule has 1 saturated heterocycles. The van der Waals surface area contributed by atoms with Crippen LogP contribution in [0.2, 0.25) is 0 Å². The van der Waals surface area contributed by atoms with Gasteiger partial charge in [0.05, 0.1) is 7.11 Å². The molecule has 1 N–H and O–H groups in total. The van der Waals surface area contributed by atoms with E-state index >= 15 is 0 Å². The first-order valence-corrected chi connectivity index (χ1v) is 10.7. The van der Waals surface area contributed by atoms with Gasteiger partial charge >= 0.3 is 0 Å². The highest BCUT2D eigenvalue weighted by atomic mass is 16.5. The number of hydrogen-bond acceptors (Lipinski definition) is 2. The second-order valence-corrected chi connectivity index (χ2v) is 8.64. The number of likely N-dealkylation sites (tertiary alicyclic amines) is 1. The van der Waals surface area contributed by atoms with Crippen molar-refractivity contribution >= 4 is 10.9 Å². The molecule has 0 radical (unpaired) electrons. The van der Waals surface area contributed by atoms with Crippen molar-refractivity contribution in [1.29, 1.82) is 0 Å². The molecule has 3 nitrogen and oxygen atoms in total. The zero-order valence-corrected chi connectivity index (χ0v) is 17.0. The third-order valence-electron chi connectivity index (χ3n) is 7.16. The Labute approximate surface area is 167 Å². The van der Waals surface area contributed by atoms with Gasteiger partial charge in [-0.25, -0.2) is 0 Å². The minimum atomic E-state index is 0.201. The number of benzene rings is 2. The molecule has 1 aliphatic carbocycles. The van der Waals surface area contributed by atoms with Gasteiger partial charge in [0.2, 0.25) is 0 Å². The summed E-state index contributed by atoms with van der Waals surface area (Å²) in [4.78, 5) is 6.45. The van der Waals surface area contributed by atoms with Crippen LogP contribution in [0.1, 0.15) is 36.6 Å². The Bertz CT molecular complexity index is 991. The number of aromatic amines is 1. The second-order valence-electron chi connectivity index (χ2n) is 8.64. The van der Waals surface area contributed by atoms with E-state index in [1.165, 1.54) is 54.6 Å². The summed E-state index contributed by atoms with van der Waals surface area (Å²) < 4.78 is 5.58. The maximum absolute atomic E-state index is 5.58. The Kier molecular flexibility index (Phi) is 4.43. The fraction of sp³-hybridized carbons (Fsp3) is 0.440. The highest BCUT2D eigenvalue weighted by molar-refractivity contribution is 5.85. The standard InChI is InChI=1S/C25H30N2O/c1-3-12-27-13-11-25(18-7-6-8-20(14-18)28-2)16-24-22(15-19(25)17-27)21-9-4-5-10-23(21)26-24/h4-10,14,19,26H,3,11-13,15-17H2,1-2H3/t19?,25-/m1/s1. The molecule has 3 aromatic rings. The maximum atomic E-state index is 5.58. The molecule has 1 unspecified atom stereocenters. The highest BCUT2D eigenvalue weighted by Crippen LogP contribution is 2.49. The van der Waals surface area contributed by atoms with Crippen molar-refractivity contribution in [3.05, 3.63) is 65.4 Å².